The summed E-state index contributed by atoms with van der Waals surface area (Å²) >= 11 is 0. The van der Waals surface area contributed by atoms with Crippen LogP contribution in [-0.4, -0.2) is 64.9 Å². The van der Waals surface area contributed by atoms with Crippen LogP contribution in [0.3, 0.4) is 0 Å². The Balaban J connectivity index is 2.65. The molecule has 0 saturated heterocycles. The molecule has 1 rings (SSSR count). The molecule has 2 N–H and O–H groups in total. The summed E-state index contributed by atoms with van der Waals surface area (Å²) in [6.45, 7) is 4.45. The van der Waals surface area contributed by atoms with Crippen LogP contribution >= 0.6 is 0 Å². The number of rotatable bonds is 10. The van der Waals surface area contributed by atoms with Gasteiger partial charge in [0.25, 0.3) is 0 Å². The Kier molecular flexibility index (Phi) is 8.67. The Morgan fingerprint density at radius 2 is 1.81 bits per heavy atom. The second-order valence-corrected chi connectivity index (χ2v) is 8.14. The monoisotopic (exact) mass is 387 g/mol. The Labute approximate surface area is 155 Å². The predicted octanol–water partition coefficient (Wildman–Crippen LogP) is 1.22. The lowest BCUT2D eigenvalue weighted by molar-refractivity contribution is 0.237. The van der Waals surface area contributed by atoms with E-state index in [-0.39, 0.29) is 25.2 Å². The molecular weight excluding hydrogens is 358 g/mol. The lowest BCUT2D eigenvalue weighted by atomic mass is 10.1. The number of methoxy groups -OCH3 is 2. The van der Waals surface area contributed by atoms with E-state index in [1.807, 2.05) is 26.0 Å². The summed E-state index contributed by atoms with van der Waals surface area (Å²) in [6, 6.07) is 5.19. The van der Waals surface area contributed by atoms with Gasteiger partial charge >= 0.3 is 6.03 Å². The lowest BCUT2D eigenvalue weighted by Crippen LogP contribution is -2.44. The van der Waals surface area contributed by atoms with Gasteiger partial charge in [0.2, 0.25) is 10.0 Å². The second kappa shape index (κ2) is 10.2. The van der Waals surface area contributed by atoms with Crippen LogP contribution in [0, 0.1) is 0 Å². The van der Waals surface area contributed by atoms with Crippen LogP contribution < -0.4 is 20.1 Å². The number of carbonyl (C=O) groups excluding carboxylic acids is 1. The highest BCUT2D eigenvalue weighted by atomic mass is 32.2. The van der Waals surface area contributed by atoms with Crippen LogP contribution in [0.15, 0.2) is 18.2 Å². The quantitative estimate of drug-likeness (QED) is 0.629. The number of carbonyl (C=O) groups is 1. The molecule has 0 atom stereocenters. The molecule has 26 heavy (non-hydrogen) atoms. The van der Waals surface area contributed by atoms with Crippen molar-refractivity contribution >= 4 is 16.1 Å². The minimum absolute atomic E-state index is 0.0195. The van der Waals surface area contributed by atoms with E-state index in [9.17, 15) is 13.2 Å². The molecule has 0 fully saturated rings. The first kappa shape index (κ1) is 22.0. The van der Waals surface area contributed by atoms with Crippen molar-refractivity contribution in [2.24, 2.45) is 0 Å². The maximum Gasteiger partial charge on any atom is 0.315 e. The smallest absolute Gasteiger partial charge is 0.315 e. The first-order valence-electron chi connectivity index (χ1n) is 8.37. The van der Waals surface area contributed by atoms with E-state index in [1.165, 1.54) is 4.31 Å². The lowest BCUT2D eigenvalue weighted by Gasteiger charge is -2.21. The van der Waals surface area contributed by atoms with Crippen molar-refractivity contribution in [3.05, 3.63) is 23.8 Å². The van der Waals surface area contributed by atoms with E-state index in [0.717, 1.165) is 11.8 Å². The molecule has 0 saturated carbocycles. The molecule has 1 aromatic carbocycles. The van der Waals surface area contributed by atoms with Crippen LogP contribution in [0.1, 0.15) is 19.4 Å². The number of urea groups is 1. The summed E-state index contributed by atoms with van der Waals surface area (Å²) in [5.41, 5.74) is 0.932. The van der Waals surface area contributed by atoms with Crippen LogP contribution in [0.2, 0.25) is 0 Å². The molecule has 0 aliphatic heterocycles. The van der Waals surface area contributed by atoms with E-state index < -0.39 is 10.0 Å². The first-order valence-corrected chi connectivity index (χ1v) is 10.2. The van der Waals surface area contributed by atoms with Crippen molar-refractivity contribution in [1.82, 2.24) is 14.9 Å². The highest BCUT2D eigenvalue weighted by Gasteiger charge is 2.17. The Morgan fingerprint density at radius 1 is 1.15 bits per heavy atom. The van der Waals surface area contributed by atoms with E-state index in [1.54, 1.807) is 20.3 Å². The molecule has 0 unspecified atom stereocenters. The van der Waals surface area contributed by atoms with Gasteiger partial charge in [0.1, 0.15) is 0 Å². The van der Waals surface area contributed by atoms with Gasteiger partial charge in [0.05, 0.1) is 20.5 Å². The molecule has 2 amide bonds. The fraction of sp³-hybridized carbons (Fsp3) is 0.588. The summed E-state index contributed by atoms with van der Waals surface area (Å²) in [7, 11) is -0.264. The number of ether oxygens (including phenoxy) is 2. The van der Waals surface area contributed by atoms with Gasteiger partial charge in [-0.15, -0.1) is 0 Å². The Morgan fingerprint density at radius 3 is 2.35 bits per heavy atom. The van der Waals surface area contributed by atoms with Gasteiger partial charge < -0.3 is 20.1 Å². The van der Waals surface area contributed by atoms with Gasteiger partial charge in [0, 0.05) is 25.7 Å². The third-order valence-corrected chi connectivity index (χ3v) is 4.94. The molecule has 0 heterocycles. The normalized spacial score (nSPS) is 11.5. The van der Waals surface area contributed by atoms with E-state index in [4.69, 9.17) is 9.47 Å². The fourth-order valence-electron chi connectivity index (χ4n) is 2.34. The number of sulfonamides is 1. The van der Waals surface area contributed by atoms with E-state index >= 15 is 0 Å². The van der Waals surface area contributed by atoms with E-state index in [2.05, 4.69) is 10.6 Å². The summed E-state index contributed by atoms with van der Waals surface area (Å²) < 4.78 is 35.8. The van der Waals surface area contributed by atoms with Crippen molar-refractivity contribution < 1.29 is 22.7 Å². The van der Waals surface area contributed by atoms with Crippen molar-refractivity contribution in [2.75, 3.05) is 40.1 Å². The number of hydrogen-bond acceptors (Lipinski definition) is 5. The standard InChI is InChI=1S/C17H29N3O5S/c1-13(2)19-17(21)18-9-11-20(26(5,22)23)10-8-14-6-7-15(24-3)16(12-14)25-4/h6-7,12-13H,8-11H2,1-5H3,(H2,18,19,21). The third kappa shape index (κ3) is 7.49. The van der Waals surface area contributed by atoms with Crippen molar-refractivity contribution in [1.29, 1.82) is 0 Å². The Hall–Kier alpha value is -2.00. The number of benzene rings is 1. The van der Waals surface area contributed by atoms with Gasteiger partial charge in [-0.25, -0.2) is 17.5 Å². The molecule has 0 bridgehead atoms. The largest absolute Gasteiger partial charge is 0.493 e. The molecule has 9 heteroatoms. The van der Waals surface area contributed by atoms with E-state index in [0.29, 0.717) is 24.5 Å². The molecule has 0 aliphatic rings. The minimum atomic E-state index is -3.38. The van der Waals surface area contributed by atoms with Crippen LogP contribution in [0.4, 0.5) is 4.79 Å². The zero-order chi connectivity index (χ0) is 19.7. The molecule has 0 aliphatic carbocycles. The maximum absolute atomic E-state index is 12.0. The second-order valence-electron chi connectivity index (χ2n) is 6.16. The molecule has 0 aromatic heterocycles. The van der Waals surface area contributed by atoms with Gasteiger partial charge in [-0.2, -0.15) is 0 Å². The SMILES string of the molecule is COc1ccc(CCN(CCNC(=O)NC(C)C)S(C)(=O)=O)cc1OC. The zero-order valence-electron chi connectivity index (χ0n) is 16.0. The molecule has 0 spiro atoms. The highest BCUT2D eigenvalue weighted by Crippen LogP contribution is 2.27. The summed E-state index contributed by atoms with van der Waals surface area (Å²) in [4.78, 5) is 11.6. The summed E-state index contributed by atoms with van der Waals surface area (Å²) in [5, 5.41) is 5.35. The average Bonchev–Trinajstić information content (AvgIpc) is 2.55. The Bertz CT molecular complexity index is 692. The predicted molar refractivity (Wildman–Crippen MR) is 101 cm³/mol. The third-order valence-electron chi connectivity index (χ3n) is 3.63. The maximum atomic E-state index is 12.0. The first-order chi connectivity index (χ1) is 12.2. The molecule has 0 radical (unpaired) electrons. The van der Waals surface area contributed by atoms with Gasteiger partial charge in [0.15, 0.2) is 11.5 Å². The molecular formula is C17H29N3O5S. The van der Waals surface area contributed by atoms with Gasteiger partial charge in [-0.3, -0.25) is 0 Å². The van der Waals surface area contributed by atoms with Crippen LogP contribution in [-0.2, 0) is 16.4 Å². The fourth-order valence-corrected chi connectivity index (χ4v) is 3.19. The summed E-state index contributed by atoms with van der Waals surface area (Å²) in [5.74, 6) is 1.22. The topological polar surface area (TPSA) is 97.0 Å². The molecule has 8 nitrogen and oxygen atoms in total. The van der Waals surface area contributed by atoms with Crippen LogP contribution in [0.25, 0.3) is 0 Å². The van der Waals surface area contributed by atoms with Crippen molar-refractivity contribution in [2.45, 2.75) is 26.3 Å². The van der Waals surface area contributed by atoms with Crippen molar-refractivity contribution in [3.63, 3.8) is 0 Å². The average molecular weight is 388 g/mol. The number of hydrogen-bond donors (Lipinski definition) is 2. The van der Waals surface area contributed by atoms with Crippen LogP contribution in [0.5, 0.6) is 11.5 Å². The number of nitrogens with one attached hydrogen (secondary N) is 2. The van der Waals surface area contributed by atoms with Crippen molar-refractivity contribution in [3.8, 4) is 11.5 Å². The van der Waals surface area contributed by atoms with Gasteiger partial charge in [-0.05, 0) is 38.0 Å². The molecule has 1 aromatic rings. The zero-order valence-corrected chi connectivity index (χ0v) is 16.9. The summed E-state index contributed by atoms with van der Waals surface area (Å²) in [6.07, 6.45) is 1.68. The van der Waals surface area contributed by atoms with Gasteiger partial charge in [-0.1, -0.05) is 6.07 Å². The number of amides is 2. The minimum Gasteiger partial charge on any atom is -0.493 e. The highest BCUT2D eigenvalue weighted by molar-refractivity contribution is 7.88. The number of nitrogens with zero attached hydrogens (tertiary/aromatic N) is 1. The molecule has 148 valence electrons.